The van der Waals surface area contributed by atoms with Gasteiger partial charge in [0.05, 0.1) is 0 Å². The first kappa shape index (κ1) is 6.96. The van der Waals surface area contributed by atoms with Crippen molar-refractivity contribution in [2.45, 2.75) is 6.92 Å². The summed E-state index contributed by atoms with van der Waals surface area (Å²) in [5, 5.41) is 0.497. The van der Waals surface area contributed by atoms with Crippen molar-refractivity contribution >= 4 is 27.5 Å². The Morgan fingerprint density at radius 1 is 1.56 bits per heavy atom. The van der Waals surface area contributed by atoms with Crippen molar-refractivity contribution in [1.82, 2.24) is 9.97 Å². The van der Waals surface area contributed by atoms with E-state index in [-0.39, 0.29) is 0 Å². The summed E-state index contributed by atoms with van der Waals surface area (Å²) in [4.78, 5) is 7.62. The summed E-state index contributed by atoms with van der Waals surface area (Å²) >= 11 is 8.84. The maximum Gasteiger partial charge on any atom is 0.136 e. The van der Waals surface area contributed by atoms with Gasteiger partial charge in [-0.2, -0.15) is 0 Å². The smallest absolute Gasteiger partial charge is 0.136 e. The molecule has 0 atom stereocenters. The maximum absolute atomic E-state index is 5.63. The molecule has 0 aliphatic heterocycles. The Hall–Kier alpha value is -0.150. The Morgan fingerprint density at radius 3 is 2.67 bits per heavy atom. The number of rotatable bonds is 0. The lowest BCUT2D eigenvalue weighted by molar-refractivity contribution is 1.10. The second-order valence-corrected chi connectivity index (χ2v) is 2.69. The Morgan fingerprint density at radius 2 is 2.22 bits per heavy atom. The van der Waals surface area contributed by atoms with Gasteiger partial charge in [-0.3, -0.25) is 0 Å². The van der Waals surface area contributed by atoms with E-state index in [4.69, 9.17) is 11.6 Å². The fraction of sp³-hybridized carbons (Fsp3) is 0.200. The molecule has 1 heterocycles. The lowest BCUT2D eigenvalue weighted by Crippen LogP contribution is -1.85. The summed E-state index contributed by atoms with van der Waals surface area (Å²) in [5.41, 5.74) is 0.874. The van der Waals surface area contributed by atoms with Crippen LogP contribution >= 0.6 is 27.5 Å². The van der Waals surface area contributed by atoms with Gasteiger partial charge in [0.15, 0.2) is 0 Å². The second kappa shape index (κ2) is 2.62. The molecule has 0 saturated heterocycles. The van der Waals surface area contributed by atoms with Gasteiger partial charge in [0.25, 0.3) is 0 Å². The van der Waals surface area contributed by atoms with Crippen LogP contribution in [-0.4, -0.2) is 9.97 Å². The first-order valence-corrected chi connectivity index (χ1v) is 3.51. The van der Waals surface area contributed by atoms with Gasteiger partial charge in [-0.05, 0) is 22.9 Å². The average molecular weight is 207 g/mol. The fourth-order valence-electron chi connectivity index (χ4n) is 0.409. The van der Waals surface area contributed by atoms with E-state index in [1.807, 2.05) is 6.92 Å². The number of halogens is 2. The van der Waals surface area contributed by atoms with Crippen molar-refractivity contribution in [2.75, 3.05) is 0 Å². The summed E-state index contributed by atoms with van der Waals surface area (Å²) < 4.78 is 0.752. The van der Waals surface area contributed by atoms with Crippen molar-refractivity contribution in [3.8, 4) is 0 Å². The van der Waals surface area contributed by atoms with E-state index in [1.165, 1.54) is 6.33 Å². The van der Waals surface area contributed by atoms with Gasteiger partial charge in [-0.15, -0.1) is 0 Å². The summed E-state index contributed by atoms with van der Waals surface area (Å²) in [6, 6.07) is 0. The van der Waals surface area contributed by atoms with Gasteiger partial charge < -0.3 is 0 Å². The van der Waals surface area contributed by atoms with Crippen LogP contribution in [-0.2, 0) is 0 Å². The highest BCUT2D eigenvalue weighted by Crippen LogP contribution is 2.17. The number of hydrogen-bond donors (Lipinski definition) is 0. The number of hydrogen-bond acceptors (Lipinski definition) is 2. The van der Waals surface area contributed by atoms with E-state index in [0.29, 0.717) is 5.15 Å². The molecule has 0 radical (unpaired) electrons. The van der Waals surface area contributed by atoms with E-state index in [9.17, 15) is 0 Å². The van der Waals surface area contributed by atoms with Crippen LogP contribution in [0.4, 0.5) is 0 Å². The van der Waals surface area contributed by atoms with Crippen LogP contribution in [0.15, 0.2) is 10.9 Å². The van der Waals surface area contributed by atoms with Crippen molar-refractivity contribution in [3.63, 3.8) is 0 Å². The zero-order valence-corrected chi connectivity index (χ0v) is 7.07. The fourth-order valence-corrected chi connectivity index (χ4v) is 0.936. The molecule has 1 rings (SSSR count). The zero-order chi connectivity index (χ0) is 6.85. The van der Waals surface area contributed by atoms with Crippen LogP contribution < -0.4 is 0 Å². The Bertz CT molecular complexity index is 206. The Kier molecular flexibility index (Phi) is 2.03. The molecule has 0 bridgehead atoms. The van der Waals surface area contributed by atoms with Crippen molar-refractivity contribution in [3.05, 3.63) is 21.6 Å². The van der Waals surface area contributed by atoms with Crippen LogP contribution in [0.3, 0.4) is 0 Å². The predicted molar refractivity (Wildman–Crippen MR) is 39.5 cm³/mol. The highest BCUT2D eigenvalue weighted by molar-refractivity contribution is 9.10. The largest absolute Gasteiger partial charge is 0.229 e. The molecule has 0 fully saturated rings. The van der Waals surface area contributed by atoms with E-state index < -0.39 is 0 Å². The molecule has 0 saturated carbocycles. The lowest BCUT2D eigenvalue weighted by atomic mass is 10.4. The van der Waals surface area contributed by atoms with Gasteiger partial charge in [0.1, 0.15) is 16.1 Å². The first-order chi connectivity index (χ1) is 4.22. The molecule has 0 aliphatic carbocycles. The molecule has 0 N–H and O–H groups in total. The molecule has 4 heteroatoms. The highest BCUT2D eigenvalue weighted by atomic mass is 79.9. The maximum atomic E-state index is 5.63. The normalized spacial score (nSPS) is 9.67. The molecule has 1 aromatic rings. The van der Waals surface area contributed by atoms with Crippen molar-refractivity contribution in [2.24, 2.45) is 0 Å². The third kappa shape index (κ3) is 1.40. The Balaban J connectivity index is 3.25. The van der Waals surface area contributed by atoms with Crippen LogP contribution in [0.1, 0.15) is 5.56 Å². The molecule has 0 aliphatic rings. The number of aromatic nitrogens is 2. The van der Waals surface area contributed by atoms with E-state index in [1.54, 1.807) is 0 Å². The summed E-state index contributed by atoms with van der Waals surface area (Å²) in [7, 11) is 0. The van der Waals surface area contributed by atoms with Crippen molar-refractivity contribution in [1.29, 1.82) is 0 Å². The molecular formula is C5H4BrClN2. The third-order valence-electron chi connectivity index (χ3n) is 0.961. The van der Waals surface area contributed by atoms with Gasteiger partial charge >= 0.3 is 0 Å². The quantitative estimate of drug-likeness (QED) is 0.610. The summed E-state index contributed by atoms with van der Waals surface area (Å²) in [6.45, 7) is 1.85. The molecule has 0 aromatic carbocycles. The molecular weight excluding hydrogens is 203 g/mol. The van der Waals surface area contributed by atoms with E-state index in [0.717, 1.165) is 10.2 Å². The SMILES string of the molecule is Cc1c(Cl)ncnc1Br. The van der Waals surface area contributed by atoms with Crippen LogP contribution in [0.2, 0.25) is 5.15 Å². The second-order valence-electron chi connectivity index (χ2n) is 1.58. The minimum atomic E-state index is 0.497. The van der Waals surface area contributed by atoms with Crippen LogP contribution in [0.5, 0.6) is 0 Å². The predicted octanol–water partition coefficient (Wildman–Crippen LogP) is 2.20. The number of nitrogens with zero attached hydrogens (tertiary/aromatic N) is 2. The Labute approximate surface area is 66.4 Å². The van der Waals surface area contributed by atoms with Gasteiger partial charge in [0.2, 0.25) is 0 Å². The van der Waals surface area contributed by atoms with Gasteiger partial charge in [-0.25, -0.2) is 9.97 Å². The van der Waals surface area contributed by atoms with Crippen LogP contribution in [0.25, 0.3) is 0 Å². The summed E-state index contributed by atoms with van der Waals surface area (Å²) in [6.07, 6.45) is 1.42. The standard InChI is InChI=1S/C5H4BrClN2/c1-3-4(6)8-2-9-5(3)7/h2H,1H3. The molecule has 2 nitrogen and oxygen atoms in total. The molecule has 0 unspecified atom stereocenters. The molecule has 0 amide bonds. The topological polar surface area (TPSA) is 25.8 Å². The molecule has 0 spiro atoms. The van der Waals surface area contributed by atoms with Gasteiger partial charge in [0, 0.05) is 5.56 Å². The average Bonchev–Trinajstić information content (AvgIpc) is 1.83. The third-order valence-corrected chi connectivity index (χ3v) is 2.14. The minimum Gasteiger partial charge on any atom is -0.229 e. The van der Waals surface area contributed by atoms with Crippen LogP contribution in [0, 0.1) is 6.92 Å². The highest BCUT2D eigenvalue weighted by Gasteiger charge is 1.98. The van der Waals surface area contributed by atoms with Gasteiger partial charge in [-0.1, -0.05) is 11.6 Å². The van der Waals surface area contributed by atoms with E-state index in [2.05, 4.69) is 25.9 Å². The summed E-state index contributed by atoms with van der Waals surface area (Å²) in [5.74, 6) is 0. The minimum absolute atomic E-state index is 0.497. The first-order valence-electron chi connectivity index (χ1n) is 2.34. The molecule has 48 valence electrons. The van der Waals surface area contributed by atoms with Crippen molar-refractivity contribution < 1.29 is 0 Å². The van der Waals surface area contributed by atoms with E-state index >= 15 is 0 Å². The lowest BCUT2D eigenvalue weighted by Gasteiger charge is -1.95. The molecule has 1 aromatic heterocycles. The molecule has 9 heavy (non-hydrogen) atoms. The monoisotopic (exact) mass is 206 g/mol. The zero-order valence-electron chi connectivity index (χ0n) is 4.73.